The van der Waals surface area contributed by atoms with Crippen LogP contribution in [-0.2, 0) is 0 Å². The first-order valence-electron chi connectivity index (χ1n) is 4.57. The van der Waals surface area contributed by atoms with Crippen LogP contribution in [0, 0.1) is 0 Å². The molecule has 66 valence electrons. The van der Waals surface area contributed by atoms with Gasteiger partial charge < -0.3 is 5.11 Å². The molecule has 0 saturated heterocycles. The molecule has 0 aliphatic heterocycles. The lowest BCUT2D eigenvalue weighted by molar-refractivity contribution is 0.331. The van der Waals surface area contributed by atoms with E-state index in [0.29, 0.717) is 0 Å². The van der Waals surface area contributed by atoms with Crippen LogP contribution >= 0.6 is 0 Å². The highest BCUT2D eigenvalue weighted by molar-refractivity contribution is 4.97. The molecule has 1 heteroatoms. The van der Waals surface area contributed by atoms with Crippen molar-refractivity contribution in [2.24, 2.45) is 0 Å². The van der Waals surface area contributed by atoms with Gasteiger partial charge in [0, 0.05) is 0 Å². The molecule has 0 heterocycles. The number of aliphatic hydroxyl groups is 1. The third-order valence-electron chi connectivity index (χ3n) is 1.80. The zero-order valence-corrected chi connectivity index (χ0v) is 7.77. The fourth-order valence-electron chi connectivity index (χ4n) is 0.984. The van der Waals surface area contributed by atoms with Crippen LogP contribution in [0.15, 0.2) is 11.6 Å². The second-order valence-corrected chi connectivity index (χ2v) is 3.06. The van der Waals surface area contributed by atoms with Gasteiger partial charge in [-0.3, -0.25) is 0 Å². The summed E-state index contributed by atoms with van der Waals surface area (Å²) in [5.41, 5.74) is 1.10. The molecule has 0 saturated carbocycles. The van der Waals surface area contributed by atoms with Gasteiger partial charge >= 0.3 is 0 Å². The predicted octanol–water partition coefficient (Wildman–Crippen LogP) is 2.90. The molecular weight excluding hydrogens is 136 g/mol. The van der Waals surface area contributed by atoms with Crippen LogP contribution in [0.4, 0.5) is 0 Å². The summed E-state index contributed by atoms with van der Waals surface area (Å²) in [6.07, 6.45) is 8.49. The van der Waals surface area contributed by atoms with Crippen LogP contribution in [0.3, 0.4) is 0 Å². The van der Waals surface area contributed by atoms with E-state index in [1.54, 1.807) is 0 Å². The molecule has 0 aromatic rings. The molecule has 0 unspecified atom stereocenters. The Bertz CT molecular complexity index is 105. The van der Waals surface area contributed by atoms with Gasteiger partial charge in [-0.05, 0) is 19.8 Å². The Morgan fingerprint density at radius 3 is 2.55 bits per heavy atom. The van der Waals surface area contributed by atoms with E-state index in [9.17, 15) is 0 Å². The summed E-state index contributed by atoms with van der Waals surface area (Å²) in [5.74, 6) is 0. The van der Waals surface area contributed by atoms with Gasteiger partial charge in [0.15, 0.2) is 0 Å². The molecule has 11 heavy (non-hydrogen) atoms. The van der Waals surface area contributed by atoms with Crippen molar-refractivity contribution in [3.05, 3.63) is 11.6 Å². The SMILES string of the molecule is CCCCCC/C=C(/C)CO. The first-order valence-corrected chi connectivity index (χ1v) is 4.57. The molecule has 0 spiro atoms. The van der Waals surface area contributed by atoms with Crippen LogP contribution in [0.1, 0.15) is 46.0 Å². The van der Waals surface area contributed by atoms with Crippen molar-refractivity contribution >= 4 is 0 Å². The number of hydrogen-bond donors (Lipinski definition) is 1. The fourth-order valence-corrected chi connectivity index (χ4v) is 0.984. The van der Waals surface area contributed by atoms with Gasteiger partial charge in [-0.15, -0.1) is 0 Å². The van der Waals surface area contributed by atoms with Crippen molar-refractivity contribution in [2.45, 2.75) is 46.0 Å². The van der Waals surface area contributed by atoms with Crippen LogP contribution in [0.2, 0.25) is 0 Å². The van der Waals surface area contributed by atoms with Gasteiger partial charge in [0.2, 0.25) is 0 Å². The molecule has 0 aromatic heterocycles. The Kier molecular flexibility index (Phi) is 7.59. The maximum atomic E-state index is 8.67. The van der Waals surface area contributed by atoms with Gasteiger partial charge in [0.05, 0.1) is 6.61 Å². The summed E-state index contributed by atoms with van der Waals surface area (Å²) < 4.78 is 0. The zero-order valence-electron chi connectivity index (χ0n) is 7.77. The van der Waals surface area contributed by atoms with Crippen molar-refractivity contribution in [3.63, 3.8) is 0 Å². The number of aliphatic hydroxyl groups excluding tert-OH is 1. The maximum absolute atomic E-state index is 8.67. The minimum Gasteiger partial charge on any atom is -0.392 e. The molecule has 0 radical (unpaired) electrons. The largest absolute Gasteiger partial charge is 0.392 e. The van der Waals surface area contributed by atoms with Crippen molar-refractivity contribution in [1.29, 1.82) is 0 Å². The standard InChI is InChI=1S/C10H20O/c1-3-4-5-6-7-8-10(2)9-11/h8,11H,3-7,9H2,1-2H3/b10-8-. The lowest BCUT2D eigenvalue weighted by atomic mass is 10.1. The lowest BCUT2D eigenvalue weighted by Crippen LogP contribution is -1.83. The topological polar surface area (TPSA) is 20.2 Å². The molecule has 0 fully saturated rings. The molecule has 0 bridgehead atoms. The quantitative estimate of drug-likeness (QED) is 0.463. The third-order valence-corrected chi connectivity index (χ3v) is 1.80. The van der Waals surface area contributed by atoms with E-state index in [1.807, 2.05) is 6.92 Å². The summed E-state index contributed by atoms with van der Waals surface area (Å²) in [6, 6.07) is 0. The monoisotopic (exact) mass is 156 g/mol. The van der Waals surface area contributed by atoms with Crippen molar-refractivity contribution < 1.29 is 5.11 Å². The summed E-state index contributed by atoms with van der Waals surface area (Å²) >= 11 is 0. The zero-order chi connectivity index (χ0) is 8.53. The summed E-state index contributed by atoms with van der Waals surface area (Å²) in [5, 5.41) is 8.67. The highest BCUT2D eigenvalue weighted by atomic mass is 16.3. The average molecular weight is 156 g/mol. The van der Waals surface area contributed by atoms with E-state index >= 15 is 0 Å². The van der Waals surface area contributed by atoms with Gasteiger partial charge in [-0.25, -0.2) is 0 Å². The number of unbranched alkanes of at least 4 members (excludes halogenated alkanes) is 4. The van der Waals surface area contributed by atoms with E-state index in [-0.39, 0.29) is 6.61 Å². The van der Waals surface area contributed by atoms with E-state index in [2.05, 4.69) is 13.0 Å². The van der Waals surface area contributed by atoms with Crippen LogP contribution in [0.25, 0.3) is 0 Å². The minimum absolute atomic E-state index is 0.216. The van der Waals surface area contributed by atoms with Crippen LogP contribution in [0.5, 0.6) is 0 Å². The van der Waals surface area contributed by atoms with E-state index in [0.717, 1.165) is 12.0 Å². The van der Waals surface area contributed by atoms with E-state index in [4.69, 9.17) is 5.11 Å². The van der Waals surface area contributed by atoms with Gasteiger partial charge in [0.25, 0.3) is 0 Å². The smallest absolute Gasteiger partial charge is 0.0639 e. The van der Waals surface area contributed by atoms with Gasteiger partial charge in [-0.2, -0.15) is 0 Å². The number of hydrogen-bond acceptors (Lipinski definition) is 1. The highest BCUT2D eigenvalue weighted by Crippen LogP contribution is 2.04. The number of allylic oxidation sites excluding steroid dienone is 1. The second kappa shape index (κ2) is 7.80. The lowest BCUT2D eigenvalue weighted by Gasteiger charge is -1.96. The molecule has 0 aliphatic carbocycles. The molecule has 0 aliphatic rings. The van der Waals surface area contributed by atoms with Crippen LogP contribution in [-0.4, -0.2) is 11.7 Å². The molecule has 1 nitrogen and oxygen atoms in total. The molecule has 0 rings (SSSR count). The Balaban J connectivity index is 3.12. The average Bonchev–Trinajstić information content (AvgIpc) is 2.04. The fraction of sp³-hybridized carbons (Fsp3) is 0.800. The minimum atomic E-state index is 0.216. The number of rotatable bonds is 6. The molecule has 1 N–H and O–H groups in total. The van der Waals surface area contributed by atoms with Gasteiger partial charge in [-0.1, -0.05) is 37.8 Å². The first kappa shape index (κ1) is 10.7. The Hall–Kier alpha value is -0.300. The molecule has 0 amide bonds. The maximum Gasteiger partial charge on any atom is 0.0639 e. The van der Waals surface area contributed by atoms with E-state index < -0.39 is 0 Å². The van der Waals surface area contributed by atoms with Crippen molar-refractivity contribution in [3.8, 4) is 0 Å². The molecule has 0 atom stereocenters. The van der Waals surface area contributed by atoms with Crippen molar-refractivity contribution in [2.75, 3.05) is 6.61 Å². The van der Waals surface area contributed by atoms with Crippen molar-refractivity contribution in [1.82, 2.24) is 0 Å². The van der Waals surface area contributed by atoms with E-state index in [1.165, 1.54) is 25.7 Å². The Morgan fingerprint density at radius 1 is 1.27 bits per heavy atom. The predicted molar refractivity (Wildman–Crippen MR) is 49.6 cm³/mol. The summed E-state index contributed by atoms with van der Waals surface area (Å²) in [4.78, 5) is 0. The highest BCUT2D eigenvalue weighted by Gasteiger charge is 1.86. The molecular formula is C10H20O. The van der Waals surface area contributed by atoms with Crippen LogP contribution < -0.4 is 0 Å². The first-order chi connectivity index (χ1) is 5.31. The Labute approximate surface area is 70.1 Å². The second-order valence-electron chi connectivity index (χ2n) is 3.06. The van der Waals surface area contributed by atoms with Gasteiger partial charge in [0.1, 0.15) is 0 Å². The molecule has 0 aromatic carbocycles. The third kappa shape index (κ3) is 7.60. The summed E-state index contributed by atoms with van der Waals surface area (Å²) in [6.45, 7) is 4.41. The normalized spacial score (nSPS) is 12.1. The summed E-state index contributed by atoms with van der Waals surface area (Å²) in [7, 11) is 0. The Morgan fingerprint density at radius 2 is 2.00 bits per heavy atom.